The summed E-state index contributed by atoms with van der Waals surface area (Å²) in [4.78, 5) is 25.6. The Hall–Kier alpha value is -2.20. The maximum Gasteiger partial charge on any atom is 0.276 e. The van der Waals surface area contributed by atoms with Gasteiger partial charge in [-0.15, -0.1) is 0 Å². The van der Waals surface area contributed by atoms with Gasteiger partial charge < -0.3 is 0 Å². The summed E-state index contributed by atoms with van der Waals surface area (Å²) in [6.45, 7) is 1.55. The fourth-order valence-electron chi connectivity index (χ4n) is 3.35. The summed E-state index contributed by atoms with van der Waals surface area (Å²) in [5.41, 5.74) is 1.27. The van der Waals surface area contributed by atoms with Crippen molar-refractivity contribution >= 4 is 22.6 Å². The van der Waals surface area contributed by atoms with Gasteiger partial charge in [-0.3, -0.25) is 9.59 Å². The maximum absolute atomic E-state index is 12.8. The van der Waals surface area contributed by atoms with Crippen molar-refractivity contribution < 1.29 is 9.59 Å². The van der Waals surface area contributed by atoms with Gasteiger partial charge in [-0.2, -0.15) is 0 Å². The second-order valence-electron chi connectivity index (χ2n) is 5.65. The molecule has 106 valence electrons. The second kappa shape index (κ2) is 4.67. The lowest BCUT2D eigenvalue weighted by Crippen LogP contribution is -2.53. The monoisotopic (exact) mass is 280 g/mol. The van der Waals surface area contributed by atoms with E-state index < -0.39 is 0 Å². The highest BCUT2D eigenvalue weighted by atomic mass is 16.2. The SMILES string of the molecule is O=C1c2cccc3cccc(c23)C(=O)N1N1CCCCC1. The highest BCUT2D eigenvalue weighted by molar-refractivity contribution is 6.25. The van der Waals surface area contributed by atoms with Crippen LogP contribution in [0.3, 0.4) is 0 Å². The van der Waals surface area contributed by atoms with Gasteiger partial charge in [0.1, 0.15) is 0 Å². The van der Waals surface area contributed by atoms with E-state index in [1.807, 2.05) is 41.4 Å². The molecule has 4 nitrogen and oxygen atoms in total. The largest absolute Gasteiger partial charge is 0.276 e. The Bertz CT molecular complexity index is 697. The molecule has 2 heterocycles. The van der Waals surface area contributed by atoms with E-state index in [0.717, 1.165) is 36.7 Å². The lowest BCUT2D eigenvalue weighted by Gasteiger charge is -2.38. The maximum atomic E-state index is 12.8. The lowest BCUT2D eigenvalue weighted by atomic mass is 9.95. The fraction of sp³-hybridized carbons (Fsp3) is 0.294. The van der Waals surface area contributed by atoms with E-state index in [1.54, 1.807) is 0 Å². The molecule has 4 heteroatoms. The van der Waals surface area contributed by atoms with E-state index in [-0.39, 0.29) is 11.8 Å². The van der Waals surface area contributed by atoms with Gasteiger partial charge in [-0.05, 0) is 30.4 Å². The van der Waals surface area contributed by atoms with Crippen molar-refractivity contribution in [2.45, 2.75) is 19.3 Å². The number of amides is 2. The first-order valence-electron chi connectivity index (χ1n) is 7.43. The molecule has 2 amide bonds. The Morgan fingerprint density at radius 3 is 1.90 bits per heavy atom. The smallest absolute Gasteiger partial charge is 0.267 e. The van der Waals surface area contributed by atoms with Crippen molar-refractivity contribution in [1.82, 2.24) is 10.0 Å². The molecule has 0 unspecified atom stereocenters. The van der Waals surface area contributed by atoms with Crippen LogP contribution in [0.5, 0.6) is 0 Å². The van der Waals surface area contributed by atoms with Crippen LogP contribution in [0, 0.1) is 0 Å². The summed E-state index contributed by atoms with van der Waals surface area (Å²) in [7, 11) is 0. The number of hydrogen-bond acceptors (Lipinski definition) is 3. The Morgan fingerprint density at radius 2 is 1.33 bits per heavy atom. The molecule has 0 spiro atoms. The summed E-state index contributed by atoms with van der Waals surface area (Å²) >= 11 is 0. The molecule has 2 aliphatic heterocycles. The number of carbonyl (C=O) groups excluding carboxylic acids is 2. The molecule has 1 saturated heterocycles. The predicted octanol–water partition coefficient (Wildman–Crippen LogP) is 2.84. The summed E-state index contributed by atoms with van der Waals surface area (Å²) in [6.07, 6.45) is 3.23. The average Bonchev–Trinajstić information content (AvgIpc) is 2.54. The molecule has 2 aromatic carbocycles. The molecular formula is C17H16N2O2. The summed E-state index contributed by atoms with van der Waals surface area (Å²) in [6, 6.07) is 11.3. The topological polar surface area (TPSA) is 40.6 Å². The van der Waals surface area contributed by atoms with Crippen LogP contribution in [0.15, 0.2) is 36.4 Å². The Labute approximate surface area is 122 Å². The van der Waals surface area contributed by atoms with Gasteiger partial charge >= 0.3 is 0 Å². The number of hydrogen-bond donors (Lipinski definition) is 0. The fourth-order valence-corrected chi connectivity index (χ4v) is 3.35. The first-order valence-corrected chi connectivity index (χ1v) is 7.43. The Balaban J connectivity index is 1.88. The molecule has 0 saturated carbocycles. The molecule has 1 fully saturated rings. The van der Waals surface area contributed by atoms with Crippen molar-refractivity contribution in [3.8, 4) is 0 Å². The molecule has 0 aromatic heterocycles. The number of nitrogens with zero attached hydrogens (tertiary/aromatic N) is 2. The van der Waals surface area contributed by atoms with Crippen LogP contribution >= 0.6 is 0 Å². The van der Waals surface area contributed by atoms with E-state index in [2.05, 4.69) is 0 Å². The van der Waals surface area contributed by atoms with Crippen LogP contribution in [-0.4, -0.2) is 34.9 Å². The van der Waals surface area contributed by atoms with Gasteiger partial charge in [0, 0.05) is 18.5 Å². The van der Waals surface area contributed by atoms with Crippen molar-refractivity contribution in [1.29, 1.82) is 0 Å². The quantitative estimate of drug-likeness (QED) is 0.754. The third-order valence-corrected chi connectivity index (χ3v) is 4.37. The first kappa shape index (κ1) is 12.5. The Morgan fingerprint density at radius 1 is 0.762 bits per heavy atom. The number of piperidine rings is 1. The lowest BCUT2D eigenvalue weighted by molar-refractivity contribution is -0.0115. The number of carbonyl (C=O) groups is 2. The van der Waals surface area contributed by atoms with Crippen molar-refractivity contribution in [2.75, 3.05) is 13.1 Å². The summed E-state index contributed by atoms with van der Waals surface area (Å²) in [5, 5.41) is 5.01. The third kappa shape index (κ3) is 1.79. The molecule has 2 aliphatic rings. The molecule has 0 atom stereocenters. The third-order valence-electron chi connectivity index (χ3n) is 4.37. The summed E-state index contributed by atoms with van der Waals surface area (Å²) < 4.78 is 0. The second-order valence-corrected chi connectivity index (χ2v) is 5.65. The Kier molecular flexibility index (Phi) is 2.79. The van der Waals surface area contributed by atoms with E-state index in [0.29, 0.717) is 11.1 Å². The van der Waals surface area contributed by atoms with Crippen LogP contribution in [0.4, 0.5) is 0 Å². The van der Waals surface area contributed by atoms with E-state index in [1.165, 1.54) is 11.4 Å². The first-order chi connectivity index (χ1) is 10.3. The molecule has 0 N–H and O–H groups in total. The minimum Gasteiger partial charge on any atom is -0.267 e. The van der Waals surface area contributed by atoms with E-state index >= 15 is 0 Å². The average molecular weight is 280 g/mol. The van der Waals surface area contributed by atoms with Gasteiger partial charge in [0.25, 0.3) is 11.8 Å². The van der Waals surface area contributed by atoms with Crippen molar-refractivity contribution in [3.05, 3.63) is 47.5 Å². The van der Waals surface area contributed by atoms with Gasteiger partial charge in [-0.25, -0.2) is 10.0 Å². The molecule has 0 radical (unpaired) electrons. The number of benzene rings is 2. The highest BCUT2D eigenvalue weighted by Crippen LogP contribution is 2.31. The zero-order chi connectivity index (χ0) is 14.4. The minimum absolute atomic E-state index is 0.189. The van der Waals surface area contributed by atoms with Crippen molar-refractivity contribution in [3.63, 3.8) is 0 Å². The normalized spacial score (nSPS) is 19.3. The van der Waals surface area contributed by atoms with Gasteiger partial charge in [0.15, 0.2) is 0 Å². The summed E-state index contributed by atoms with van der Waals surface area (Å²) in [5.74, 6) is -0.377. The van der Waals surface area contributed by atoms with Crippen LogP contribution < -0.4 is 0 Å². The highest BCUT2D eigenvalue weighted by Gasteiger charge is 2.36. The molecular weight excluding hydrogens is 264 g/mol. The molecule has 2 aromatic rings. The van der Waals surface area contributed by atoms with E-state index in [4.69, 9.17) is 0 Å². The predicted molar refractivity (Wildman–Crippen MR) is 79.9 cm³/mol. The van der Waals surface area contributed by atoms with Crippen LogP contribution in [0.2, 0.25) is 0 Å². The standard InChI is InChI=1S/C17H16N2O2/c20-16-13-8-4-6-12-7-5-9-14(15(12)13)17(21)19(16)18-10-2-1-3-11-18/h4-9H,1-3,10-11H2. The van der Waals surface area contributed by atoms with Gasteiger partial charge in [0.2, 0.25) is 0 Å². The van der Waals surface area contributed by atoms with Crippen LogP contribution in [0.1, 0.15) is 40.0 Å². The number of hydrazine groups is 1. The zero-order valence-electron chi connectivity index (χ0n) is 11.7. The van der Waals surface area contributed by atoms with Crippen LogP contribution in [-0.2, 0) is 0 Å². The van der Waals surface area contributed by atoms with E-state index in [9.17, 15) is 9.59 Å². The van der Waals surface area contributed by atoms with Crippen LogP contribution in [0.25, 0.3) is 10.8 Å². The minimum atomic E-state index is -0.189. The van der Waals surface area contributed by atoms with Gasteiger partial charge in [0.05, 0.1) is 11.1 Å². The molecule has 4 rings (SSSR count). The zero-order valence-corrected chi connectivity index (χ0v) is 11.7. The molecule has 0 bridgehead atoms. The number of rotatable bonds is 1. The van der Waals surface area contributed by atoms with Gasteiger partial charge in [-0.1, -0.05) is 30.7 Å². The molecule has 0 aliphatic carbocycles. The number of imide groups is 1. The molecule has 21 heavy (non-hydrogen) atoms. The van der Waals surface area contributed by atoms with Crippen molar-refractivity contribution in [2.24, 2.45) is 0 Å².